The fourth-order valence-electron chi connectivity index (χ4n) is 9.64. The average molecular weight is 765 g/mol. The lowest BCUT2D eigenvalue weighted by molar-refractivity contribution is 0.423. The first-order chi connectivity index (χ1) is 28.4. The van der Waals surface area contributed by atoms with E-state index < -0.39 is 8.07 Å². The maximum atomic E-state index is 6.87. The second kappa shape index (κ2) is 13.0. The molecule has 5 nitrogen and oxygen atoms in total. The zero-order chi connectivity index (χ0) is 39.0. The van der Waals surface area contributed by atoms with Gasteiger partial charge in [0.25, 0.3) is 0 Å². The van der Waals surface area contributed by atoms with Gasteiger partial charge in [0.05, 0.1) is 21.9 Å². The highest BCUT2D eigenvalue weighted by Gasteiger charge is 2.42. The number of benzene rings is 7. The fourth-order valence-corrected chi connectivity index (χ4v) is 14.5. The number of aryl methyl sites for hydroxylation is 1. The van der Waals surface area contributed by atoms with Crippen molar-refractivity contribution in [1.82, 2.24) is 19.1 Å². The van der Waals surface area contributed by atoms with Gasteiger partial charge in [-0.1, -0.05) is 147 Å². The van der Waals surface area contributed by atoms with Crippen LogP contribution < -0.4 is 25.5 Å². The van der Waals surface area contributed by atoms with Gasteiger partial charge in [-0.15, -0.1) is 0 Å². The van der Waals surface area contributed by atoms with E-state index >= 15 is 0 Å². The van der Waals surface area contributed by atoms with Crippen molar-refractivity contribution in [2.45, 2.75) is 19.3 Å². The molecule has 1 aliphatic rings. The van der Waals surface area contributed by atoms with Crippen LogP contribution in [0.15, 0.2) is 188 Å². The standard InChI is InChI=1S/C52H40N4OSi/c1-52(2)42-26-10-13-29-47(42)57-49-43(52)30-31-46-48(49)41-25-16-32-53-51(41)56(46)36-18-15-24-40(34-36)58(37-19-6-4-7-20-37,38-21-8-5-9-22-38)39-23-14-17-35(33-39)50-54-44-27-11-12-28-45(44)55(50)3/h4-34H,1-3H3. The van der Waals surface area contributed by atoms with E-state index in [1.54, 1.807) is 0 Å². The summed E-state index contributed by atoms with van der Waals surface area (Å²) >= 11 is 0. The van der Waals surface area contributed by atoms with Crippen LogP contribution in [-0.4, -0.2) is 27.2 Å². The number of nitrogens with zero attached hydrogens (tertiary/aromatic N) is 4. The molecular weight excluding hydrogens is 725 g/mol. The molecular formula is C52H40N4OSi. The third-order valence-corrected chi connectivity index (χ3v) is 17.1. The van der Waals surface area contributed by atoms with Crippen LogP contribution in [0.5, 0.6) is 11.5 Å². The Labute approximate surface area is 338 Å². The van der Waals surface area contributed by atoms with Crippen LogP contribution in [0.25, 0.3) is 50.0 Å². The van der Waals surface area contributed by atoms with Gasteiger partial charge in [0.15, 0.2) is 8.07 Å². The maximum absolute atomic E-state index is 6.87. The smallest absolute Gasteiger partial charge is 0.179 e. The van der Waals surface area contributed by atoms with Gasteiger partial charge in [-0.05, 0) is 69.3 Å². The Balaban J connectivity index is 1.17. The van der Waals surface area contributed by atoms with Gasteiger partial charge in [-0.3, -0.25) is 4.57 Å². The molecule has 278 valence electrons. The van der Waals surface area contributed by atoms with E-state index in [-0.39, 0.29) is 5.41 Å². The third-order valence-electron chi connectivity index (χ3n) is 12.4. The number of para-hydroxylation sites is 3. The Morgan fingerprint density at radius 3 is 2.02 bits per heavy atom. The number of ether oxygens (including phenoxy) is 1. The van der Waals surface area contributed by atoms with Crippen LogP contribution in [-0.2, 0) is 12.5 Å². The van der Waals surface area contributed by atoms with Crippen LogP contribution in [0.4, 0.5) is 0 Å². The summed E-state index contributed by atoms with van der Waals surface area (Å²) in [5.74, 6) is 2.76. The average Bonchev–Trinajstić information content (AvgIpc) is 3.80. The van der Waals surface area contributed by atoms with Crippen molar-refractivity contribution in [3.05, 3.63) is 199 Å². The van der Waals surface area contributed by atoms with E-state index in [0.717, 1.165) is 61.5 Å². The monoisotopic (exact) mass is 764 g/mol. The predicted molar refractivity (Wildman–Crippen MR) is 241 cm³/mol. The van der Waals surface area contributed by atoms with E-state index in [1.165, 1.54) is 31.9 Å². The first-order valence-electron chi connectivity index (χ1n) is 19.9. The zero-order valence-electron chi connectivity index (χ0n) is 32.6. The molecule has 6 heteroatoms. The van der Waals surface area contributed by atoms with Crippen LogP contribution in [0, 0.1) is 0 Å². The van der Waals surface area contributed by atoms with Gasteiger partial charge in [0.1, 0.15) is 23.0 Å². The normalized spacial score (nSPS) is 13.4. The Kier molecular flexibility index (Phi) is 7.68. The van der Waals surface area contributed by atoms with Crippen molar-refractivity contribution in [2.24, 2.45) is 7.05 Å². The highest BCUT2D eigenvalue weighted by molar-refractivity contribution is 7.20. The van der Waals surface area contributed by atoms with Crippen LogP contribution in [0.2, 0.25) is 0 Å². The lowest BCUT2D eigenvalue weighted by Crippen LogP contribution is -2.74. The van der Waals surface area contributed by atoms with Crippen molar-refractivity contribution >= 4 is 61.8 Å². The van der Waals surface area contributed by atoms with E-state index in [1.807, 2.05) is 12.3 Å². The summed E-state index contributed by atoms with van der Waals surface area (Å²) in [6.45, 7) is 4.59. The van der Waals surface area contributed by atoms with Crippen LogP contribution in [0.3, 0.4) is 0 Å². The number of hydrogen-bond donors (Lipinski definition) is 0. The van der Waals surface area contributed by atoms with E-state index in [0.29, 0.717) is 0 Å². The lowest BCUT2D eigenvalue weighted by atomic mass is 9.75. The van der Waals surface area contributed by atoms with Gasteiger partial charge in [-0.25, -0.2) is 9.97 Å². The summed E-state index contributed by atoms with van der Waals surface area (Å²) in [5.41, 5.74) is 8.36. The largest absolute Gasteiger partial charge is 0.456 e. The molecule has 0 radical (unpaired) electrons. The molecule has 4 heterocycles. The molecule has 0 atom stereocenters. The van der Waals surface area contributed by atoms with E-state index in [9.17, 15) is 0 Å². The Morgan fingerprint density at radius 1 is 0.569 bits per heavy atom. The van der Waals surface area contributed by atoms with Crippen molar-refractivity contribution in [3.63, 3.8) is 0 Å². The summed E-state index contributed by atoms with van der Waals surface area (Å²) in [6.07, 6.45) is 1.90. The molecule has 10 aromatic rings. The predicted octanol–water partition coefficient (Wildman–Crippen LogP) is 9.54. The van der Waals surface area contributed by atoms with Crippen molar-refractivity contribution in [3.8, 4) is 28.6 Å². The molecule has 0 amide bonds. The molecule has 1 aliphatic heterocycles. The summed E-state index contributed by atoms with van der Waals surface area (Å²) in [6, 6.07) is 66.1. The highest BCUT2D eigenvalue weighted by atomic mass is 28.3. The van der Waals surface area contributed by atoms with Crippen LogP contribution >= 0.6 is 0 Å². The molecule has 0 unspecified atom stereocenters. The number of aromatic nitrogens is 4. The Hall–Kier alpha value is -7.02. The number of rotatable bonds is 6. The summed E-state index contributed by atoms with van der Waals surface area (Å²) < 4.78 is 11.4. The minimum absolute atomic E-state index is 0.234. The molecule has 0 saturated carbocycles. The quantitative estimate of drug-likeness (QED) is 0.125. The molecule has 0 N–H and O–H groups in total. The van der Waals surface area contributed by atoms with Crippen molar-refractivity contribution in [1.29, 1.82) is 0 Å². The van der Waals surface area contributed by atoms with Gasteiger partial charge in [-0.2, -0.15) is 0 Å². The molecule has 7 aromatic carbocycles. The number of fused-ring (bicyclic) bond motifs is 7. The number of pyridine rings is 1. The van der Waals surface area contributed by atoms with Gasteiger partial charge >= 0.3 is 0 Å². The Morgan fingerprint density at radius 2 is 1.24 bits per heavy atom. The second-order valence-corrected chi connectivity index (χ2v) is 19.7. The van der Waals surface area contributed by atoms with E-state index in [2.05, 4.69) is 206 Å². The minimum atomic E-state index is -2.98. The summed E-state index contributed by atoms with van der Waals surface area (Å²) in [7, 11) is -0.864. The highest BCUT2D eigenvalue weighted by Crippen LogP contribution is 2.52. The second-order valence-electron chi connectivity index (χ2n) is 15.9. The number of imidazole rings is 1. The van der Waals surface area contributed by atoms with Gasteiger partial charge in [0.2, 0.25) is 0 Å². The minimum Gasteiger partial charge on any atom is -0.456 e. The Bertz CT molecular complexity index is 3160. The molecule has 11 rings (SSSR count). The molecule has 0 bridgehead atoms. The van der Waals surface area contributed by atoms with Crippen molar-refractivity contribution < 1.29 is 4.74 Å². The third kappa shape index (κ3) is 4.95. The van der Waals surface area contributed by atoms with Crippen molar-refractivity contribution in [2.75, 3.05) is 0 Å². The zero-order valence-corrected chi connectivity index (χ0v) is 33.6. The molecule has 0 fully saturated rings. The lowest BCUT2D eigenvalue weighted by Gasteiger charge is -2.35. The van der Waals surface area contributed by atoms with E-state index in [4.69, 9.17) is 14.7 Å². The molecule has 3 aromatic heterocycles. The topological polar surface area (TPSA) is 44.9 Å². The maximum Gasteiger partial charge on any atom is 0.179 e. The van der Waals surface area contributed by atoms with Gasteiger partial charge in [0, 0.05) is 46.4 Å². The van der Waals surface area contributed by atoms with Gasteiger partial charge < -0.3 is 9.30 Å². The molecule has 58 heavy (non-hydrogen) atoms. The number of hydrogen-bond acceptors (Lipinski definition) is 3. The first-order valence-corrected chi connectivity index (χ1v) is 21.9. The molecule has 0 saturated heterocycles. The fraction of sp³-hybridized carbons (Fsp3) is 0.0769. The first kappa shape index (κ1) is 34.2. The SMILES string of the molecule is Cn1c(-c2cccc([Si](c3ccccc3)(c3ccccc3)c3cccc(-n4c5ccc6c(c5c5cccnc54)Oc4ccccc4C6(C)C)c3)c2)nc2ccccc21. The summed E-state index contributed by atoms with van der Waals surface area (Å²) in [4.78, 5) is 10.2. The molecule has 0 spiro atoms. The summed E-state index contributed by atoms with van der Waals surface area (Å²) in [5, 5.41) is 7.33. The van der Waals surface area contributed by atoms with Crippen LogP contribution in [0.1, 0.15) is 25.0 Å². The molecule has 0 aliphatic carbocycles.